The van der Waals surface area contributed by atoms with Crippen LogP contribution in [-0.2, 0) is 10.0 Å². The van der Waals surface area contributed by atoms with Gasteiger partial charge in [0.15, 0.2) is 0 Å². The Morgan fingerprint density at radius 2 is 1.82 bits per heavy atom. The van der Waals surface area contributed by atoms with E-state index in [0.29, 0.717) is 11.3 Å². The zero-order chi connectivity index (χ0) is 20.3. The van der Waals surface area contributed by atoms with Gasteiger partial charge in [-0.3, -0.25) is 4.79 Å². The van der Waals surface area contributed by atoms with Gasteiger partial charge in [0, 0.05) is 28.8 Å². The Morgan fingerprint density at radius 1 is 1.11 bits per heavy atom. The number of anilines is 1. The summed E-state index contributed by atoms with van der Waals surface area (Å²) in [6, 6.07) is 11.8. The molecule has 0 radical (unpaired) electrons. The number of amides is 1. The Morgan fingerprint density at radius 3 is 2.50 bits per heavy atom. The predicted octanol–water partition coefficient (Wildman–Crippen LogP) is 4.96. The summed E-state index contributed by atoms with van der Waals surface area (Å²) in [4.78, 5) is 12.8. The first-order valence-corrected chi connectivity index (χ1v) is 11.7. The molecule has 7 heteroatoms. The molecule has 2 aromatic carbocycles. The first-order valence-electron chi connectivity index (χ1n) is 9.44. The maximum atomic E-state index is 13.0. The molecule has 0 saturated heterocycles. The maximum absolute atomic E-state index is 13.0. The van der Waals surface area contributed by atoms with Crippen LogP contribution in [0.15, 0.2) is 51.8 Å². The van der Waals surface area contributed by atoms with Crippen molar-refractivity contribution in [2.45, 2.75) is 50.0 Å². The van der Waals surface area contributed by atoms with Crippen molar-refractivity contribution in [3.8, 4) is 0 Å². The minimum Gasteiger partial charge on any atom is -0.322 e. The average molecular weight is 465 g/mol. The molecule has 0 heterocycles. The van der Waals surface area contributed by atoms with Crippen molar-refractivity contribution in [2.24, 2.45) is 0 Å². The molecule has 1 amide bonds. The van der Waals surface area contributed by atoms with Gasteiger partial charge in [0.2, 0.25) is 10.0 Å². The van der Waals surface area contributed by atoms with E-state index < -0.39 is 10.0 Å². The largest absolute Gasteiger partial charge is 0.322 e. The van der Waals surface area contributed by atoms with Gasteiger partial charge in [-0.25, -0.2) is 8.42 Å². The standard InChI is InChI=1S/C21H25BrN2O3S/c1-15-13-17(11-12-20(15)22)23-21(25)16-7-6-10-19(14-16)28(26,27)24(2)18-8-4-3-5-9-18/h6-7,10-14,18H,3-5,8-9H2,1-2H3,(H,23,25). The topological polar surface area (TPSA) is 66.5 Å². The SMILES string of the molecule is Cc1cc(NC(=O)c2cccc(S(=O)(=O)N(C)C3CCCCC3)c2)ccc1Br. The van der Waals surface area contributed by atoms with Gasteiger partial charge in [-0.1, -0.05) is 41.3 Å². The van der Waals surface area contributed by atoms with E-state index in [-0.39, 0.29) is 16.8 Å². The predicted molar refractivity (Wildman–Crippen MR) is 115 cm³/mol. The molecule has 1 N–H and O–H groups in total. The lowest BCUT2D eigenvalue weighted by atomic mass is 9.96. The van der Waals surface area contributed by atoms with Crippen LogP contribution in [0.25, 0.3) is 0 Å². The van der Waals surface area contributed by atoms with Crippen LogP contribution in [0, 0.1) is 6.92 Å². The lowest BCUT2D eigenvalue weighted by Gasteiger charge is -2.30. The fourth-order valence-corrected chi connectivity index (χ4v) is 5.24. The van der Waals surface area contributed by atoms with Crippen molar-refractivity contribution in [3.63, 3.8) is 0 Å². The summed E-state index contributed by atoms with van der Waals surface area (Å²) in [6.45, 7) is 1.94. The van der Waals surface area contributed by atoms with Crippen LogP contribution >= 0.6 is 15.9 Å². The van der Waals surface area contributed by atoms with Crippen LogP contribution in [0.1, 0.15) is 48.0 Å². The molecule has 0 spiro atoms. The van der Waals surface area contributed by atoms with Crippen LogP contribution in [0.3, 0.4) is 0 Å². The summed E-state index contributed by atoms with van der Waals surface area (Å²) in [5.74, 6) is -0.334. The van der Waals surface area contributed by atoms with E-state index in [1.54, 1.807) is 31.3 Å². The Balaban J connectivity index is 1.80. The minimum absolute atomic E-state index is 0.0296. The highest BCUT2D eigenvalue weighted by Gasteiger charge is 2.29. The van der Waals surface area contributed by atoms with E-state index in [2.05, 4.69) is 21.2 Å². The normalized spacial score (nSPS) is 15.6. The second kappa shape index (κ2) is 8.76. The van der Waals surface area contributed by atoms with Crippen LogP contribution < -0.4 is 5.32 Å². The molecule has 2 aromatic rings. The third-order valence-electron chi connectivity index (χ3n) is 5.28. The van der Waals surface area contributed by atoms with Crippen molar-refractivity contribution in [1.29, 1.82) is 0 Å². The lowest BCUT2D eigenvalue weighted by Crippen LogP contribution is -2.38. The third kappa shape index (κ3) is 4.64. The van der Waals surface area contributed by atoms with E-state index in [1.165, 1.54) is 10.4 Å². The van der Waals surface area contributed by atoms with Crippen LogP contribution in [-0.4, -0.2) is 31.7 Å². The van der Waals surface area contributed by atoms with Crippen LogP contribution in [0.5, 0.6) is 0 Å². The molecule has 1 aliphatic rings. The summed E-state index contributed by atoms with van der Waals surface area (Å²) in [6.07, 6.45) is 5.05. The number of aryl methyl sites for hydroxylation is 1. The van der Waals surface area contributed by atoms with Crippen molar-refractivity contribution in [2.75, 3.05) is 12.4 Å². The molecule has 1 aliphatic carbocycles. The molecular formula is C21H25BrN2O3S. The number of carbonyl (C=O) groups excluding carboxylic acids is 1. The minimum atomic E-state index is -3.63. The number of benzene rings is 2. The first-order chi connectivity index (χ1) is 13.3. The van der Waals surface area contributed by atoms with Gasteiger partial charge < -0.3 is 5.32 Å². The molecule has 0 aliphatic heterocycles. The summed E-state index contributed by atoms with van der Waals surface area (Å²) in [5.41, 5.74) is 1.99. The van der Waals surface area contributed by atoms with Gasteiger partial charge >= 0.3 is 0 Å². The lowest BCUT2D eigenvalue weighted by molar-refractivity contribution is 0.102. The Labute approximate surface area is 175 Å². The Hall–Kier alpha value is -1.70. The molecule has 1 saturated carbocycles. The average Bonchev–Trinajstić information content (AvgIpc) is 2.71. The van der Waals surface area contributed by atoms with E-state index in [0.717, 1.165) is 42.1 Å². The molecule has 5 nitrogen and oxygen atoms in total. The van der Waals surface area contributed by atoms with E-state index >= 15 is 0 Å². The van der Waals surface area contributed by atoms with Crippen molar-refractivity contribution in [3.05, 3.63) is 58.1 Å². The highest BCUT2D eigenvalue weighted by molar-refractivity contribution is 9.10. The van der Waals surface area contributed by atoms with Gasteiger partial charge in [0.25, 0.3) is 5.91 Å². The molecule has 0 atom stereocenters. The summed E-state index contributed by atoms with van der Waals surface area (Å²) < 4.78 is 28.5. The van der Waals surface area contributed by atoms with E-state index in [1.807, 2.05) is 19.1 Å². The molecule has 1 fully saturated rings. The Kier molecular flexibility index (Phi) is 6.58. The number of carbonyl (C=O) groups is 1. The zero-order valence-corrected chi connectivity index (χ0v) is 18.5. The maximum Gasteiger partial charge on any atom is 0.255 e. The van der Waals surface area contributed by atoms with Gasteiger partial charge in [-0.2, -0.15) is 4.31 Å². The Bertz CT molecular complexity index is 969. The monoisotopic (exact) mass is 464 g/mol. The van der Waals surface area contributed by atoms with Crippen LogP contribution in [0.2, 0.25) is 0 Å². The van der Waals surface area contributed by atoms with Gasteiger partial charge in [0.05, 0.1) is 4.90 Å². The molecule has 3 rings (SSSR count). The molecular weight excluding hydrogens is 440 g/mol. The number of halogens is 1. The van der Waals surface area contributed by atoms with Crippen LogP contribution in [0.4, 0.5) is 5.69 Å². The second-order valence-electron chi connectivity index (χ2n) is 7.26. The zero-order valence-electron chi connectivity index (χ0n) is 16.1. The van der Waals surface area contributed by atoms with Gasteiger partial charge in [-0.15, -0.1) is 0 Å². The first kappa shape index (κ1) is 21.0. The molecule has 0 aromatic heterocycles. The summed E-state index contributed by atoms with van der Waals surface area (Å²) >= 11 is 3.43. The molecule has 0 bridgehead atoms. The highest BCUT2D eigenvalue weighted by atomic mass is 79.9. The number of sulfonamides is 1. The number of rotatable bonds is 5. The molecule has 150 valence electrons. The molecule has 0 unspecified atom stereocenters. The quantitative estimate of drug-likeness (QED) is 0.679. The van der Waals surface area contributed by atoms with E-state index in [9.17, 15) is 13.2 Å². The van der Waals surface area contributed by atoms with Gasteiger partial charge in [-0.05, 0) is 61.7 Å². The van der Waals surface area contributed by atoms with Crippen molar-refractivity contribution < 1.29 is 13.2 Å². The summed E-state index contributed by atoms with van der Waals surface area (Å²) in [7, 11) is -1.99. The number of nitrogens with one attached hydrogen (secondary N) is 1. The van der Waals surface area contributed by atoms with Crippen molar-refractivity contribution in [1.82, 2.24) is 4.31 Å². The fourth-order valence-electron chi connectivity index (χ4n) is 3.53. The highest BCUT2D eigenvalue weighted by Crippen LogP contribution is 2.27. The smallest absolute Gasteiger partial charge is 0.255 e. The fraction of sp³-hybridized carbons (Fsp3) is 0.381. The van der Waals surface area contributed by atoms with Crippen molar-refractivity contribution >= 4 is 37.5 Å². The number of nitrogens with zero attached hydrogens (tertiary/aromatic N) is 1. The number of hydrogen-bond acceptors (Lipinski definition) is 3. The third-order valence-corrected chi connectivity index (χ3v) is 8.07. The number of hydrogen-bond donors (Lipinski definition) is 1. The van der Waals surface area contributed by atoms with E-state index in [4.69, 9.17) is 0 Å². The summed E-state index contributed by atoms with van der Waals surface area (Å²) in [5, 5.41) is 2.83. The molecule has 28 heavy (non-hydrogen) atoms. The van der Waals surface area contributed by atoms with Gasteiger partial charge in [0.1, 0.15) is 0 Å². The second-order valence-corrected chi connectivity index (χ2v) is 10.1.